The van der Waals surface area contributed by atoms with E-state index in [4.69, 9.17) is 0 Å². The van der Waals surface area contributed by atoms with Gasteiger partial charge in [-0.05, 0) is 13.8 Å². The summed E-state index contributed by atoms with van der Waals surface area (Å²) in [4.78, 5) is 5.54. The molecule has 0 fully saturated rings. The second-order valence-corrected chi connectivity index (χ2v) is 7.57. The Hall–Kier alpha value is -1.96. The predicted octanol–water partition coefficient (Wildman–Crippen LogP) is 2.87. The molecule has 3 heterocycles. The first-order chi connectivity index (χ1) is 10.3. The fourth-order valence-corrected chi connectivity index (χ4v) is 2.89. The van der Waals surface area contributed by atoms with Gasteiger partial charge in [0.2, 0.25) is 10.1 Å². The first kappa shape index (κ1) is 15.0. The van der Waals surface area contributed by atoms with Gasteiger partial charge in [-0.3, -0.25) is 0 Å². The zero-order valence-electron chi connectivity index (χ0n) is 13.5. The number of rotatable bonds is 4. The van der Waals surface area contributed by atoms with E-state index in [-0.39, 0.29) is 5.41 Å². The first-order valence-corrected chi connectivity index (χ1v) is 8.15. The summed E-state index contributed by atoms with van der Waals surface area (Å²) >= 11 is 1.54. The normalized spacial score (nSPS) is 12.5. The van der Waals surface area contributed by atoms with E-state index in [1.807, 2.05) is 15.3 Å². The second-order valence-electron chi connectivity index (χ2n) is 6.61. The SMILES string of the molecule is CC(C)n1cnnc1CNc1nn2cc(C(C)(C)C)nc2s1. The van der Waals surface area contributed by atoms with Gasteiger partial charge >= 0.3 is 0 Å². The van der Waals surface area contributed by atoms with Gasteiger partial charge in [-0.1, -0.05) is 32.1 Å². The Morgan fingerprint density at radius 2 is 2.09 bits per heavy atom. The summed E-state index contributed by atoms with van der Waals surface area (Å²) in [7, 11) is 0. The number of fused-ring (bicyclic) bond motifs is 1. The molecule has 0 aliphatic rings. The molecule has 0 radical (unpaired) electrons. The highest BCUT2D eigenvalue weighted by Crippen LogP contribution is 2.25. The van der Waals surface area contributed by atoms with Crippen LogP contribution in [0.5, 0.6) is 0 Å². The summed E-state index contributed by atoms with van der Waals surface area (Å²) in [5.74, 6) is 0.901. The van der Waals surface area contributed by atoms with Gasteiger partial charge in [0.05, 0.1) is 18.4 Å². The van der Waals surface area contributed by atoms with E-state index in [1.165, 1.54) is 0 Å². The molecule has 0 spiro atoms. The van der Waals surface area contributed by atoms with Crippen molar-refractivity contribution in [1.29, 1.82) is 0 Å². The number of anilines is 1. The lowest BCUT2D eigenvalue weighted by molar-refractivity contribution is 0.571. The Balaban J connectivity index is 1.75. The lowest BCUT2D eigenvalue weighted by Crippen LogP contribution is -2.11. The van der Waals surface area contributed by atoms with Crippen molar-refractivity contribution >= 4 is 21.4 Å². The lowest BCUT2D eigenvalue weighted by Gasteiger charge is -2.13. The van der Waals surface area contributed by atoms with Crippen molar-refractivity contribution in [2.24, 2.45) is 0 Å². The van der Waals surface area contributed by atoms with E-state index in [0.717, 1.165) is 21.6 Å². The van der Waals surface area contributed by atoms with Crippen LogP contribution in [-0.4, -0.2) is 29.4 Å². The van der Waals surface area contributed by atoms with Crippen LogP contribution in [0.25, 0.3) is 4.96 Å². The number of nitrogens with one attached hydrogen (secondary N) is 1. The Kier molecular flexibility index (Phi) is 3.64. The van der Waals surface area contributed by atoms with Crippen LogP contribution < -0.4 is 5.32 Å². The number of hydrogen-bond acceptors (Lipinski definition) is 6. The van der Waals surface area contributed by atoms with Crippen molar-refractivity contribution in [1.82, 2.24) is 29.4 Å². The molecule has 3 aromatic rings. The van der Waals surface area contributed by atoms with Gasteiger partial charge in [-0.2, -0.15) is 0 Å². The molecule has 0 saturated carbocycles. The zero-order chi connectivity index (χ0) is 15.9. The summed E-state index contributed by atoms with van der Waals surface area (Å²) < 4.78 is 3.88. The van der Waals surface area contributed by atoms with Crippen molar-refractivity contribution in [2.45, 2.75) is 52.6 Å². The molecule has 1 N–H and O–H groups in total. The van der Waals surface area contributed by atoms with Crippen molar-refractivity contribution in [2.75, 3.05) is 5.32 Å². The van der Waals surface area contributed by atoms with Crippen molar-refractivity contribution in [3.8, 4) is 0 Å². The average Bonchev–Trinajstić information content (AvgIpc) is 3.08. The Labute approximate surface area is 133 Å². The minimum atomic E-state index is 0.0364. The van der Waals surface area contributed by atoms with Gasteiger partial charge in [-0.25, -0.2) is 9.50 Å². The van der Waals surface area contributed by atoms with Gasteiger partial charge in [-0.15, -0.1) is 15.3 Å². The highest BCUT2D eigenvalue weighted by atomic mass is 32.1. The minimum Gasteiger partial charge on any atom is -0.353 e. The molecule has 0 amide bonds. The molecular formula is C14H21N7S. The molecule has 3 aromatic heterocycles. The standard InChI is InChI=1S/C14H21N7S/c1-9(2)20-8-16-18-11(20)6-15-12-19-21-7-10(14(3,4)5)17-13(21)22-12/h7-9H,6H2,1-5H3,(H,15,19). The van der Waals surface area contributed by atoms with Gasteiger partial charge < -0.3 is 9.88 Å². The van der Waals surface area contributed by atoms with Crippen LogP contribution in [0.2, 0.25) is 0 Å². The van der Waals surface area contributed by atoms with E-state index >= 15 is 0 Å². The molecule has 8 heteroatoms. The molecule has 118 valence electrons. The summed E-state index contributed by atoms with van der Waals surface area (Å²) in [5.41, 5.74) is 1.09. The molecule has 7 nitrogen and oxygen atoms in total. The van der Waals surface area contributed by atoms with Crippen LogP contribution >= 0.6 is 11.3 Å². The smallest absolute Gasteiger partial charge is 0.214 e. The fraction of sp³-hybridized carbons (Fsp3) is 0.571. The molecule has 0 saturated heterocycles. The van der Waals surface area contributed by atoms with Crippen molar-refractivity contribution in [3.05, 3.63) is 24.0 Å². The molecule has 0 atom stereocenters. The van der Waals surface area contributed by atoms with Gasteiger partial charge in [0, 0.05) is 11.5 Å². The summed E-state index contributed by atoms with van der Waals surface area (Å²) in [6.07, 6.45) is 3.75. The minimum absolute atomic E-state index is 0.0364. The van der Waals surface area contributed by atoms with Crippen LogP contribution in [0.15, 0.2) is 12.5 Å². The molecule has 0 unspecified atom stereocenters. The third-order valence-electron chi connectivity index (χ3n) is 3.41. The predicted molar refractivity (Wildman–Crippen MR) is 87.3 cm³/mol. The maximum atomic E-state index is 4.64. The molecule has 0 aromatic carbocycles. The van der Waals surface area contributed by atoms with Crippen LogP contribution in [0.4, 0.5) is 5.13 Å². The topological polar surface area (TPSA) is 72.9 Å². The number of aromatic nitrogens is 6. The van der Waals surface area contributed by atoms with E-state index in [0.29, 0.717) is 12.6 Å². The highest BCUT2D eigenvalue weighted by molar-refractivity contribution is 7.20. The highest BCUT2D eigenvalue weighted by Gasteiger charge is 2.19. The summed E-state index contributed by atoms with van der Waals surface area (Å²) in [6, 6.07) is 0.342. The van der Waals surface area contributed by atoms with Gasteiger partial charge in [0.25, 0.3) is 0 Å². The molecule has 0 aliphatic heterocycles. The van der Waals surface area contributed by atoms with E-state index in [1.54, 1.807) is 17.7 Å². The third kappa shape index (κ3) is 2.83. The van der Waals surface area contributed by atoms with Gasteiger partial charge in [0.15, 0.2) is 5.82 Å². The number of hydrogen-bond donors (Lipinski definition) is 1. The molecular weight excluding hydrogens is 298 g/mol. The van der Waals surface area contributed by atoms with E-state index in [2.05, 4.69) is 60.2 Å². The van der Waals surface area contributed by atoms with Crippen molar-refractivity contribution in [3.63, 3.8) is 0 Å². The third-order valence-corrected chi connectivity index (χ3v) is 4.29. The van der Waals surface area contributed by atoms with Crippen LogP contribution in [-0.2, 0) is 12.0 Å². The largest absolute Gasteiger partial charge is 0.353 e. The molecule has 3 rings (SSSR count). The van der Waals surface area contributed by atoms with Gasteiger partial charge in [0.1, 0.15) is 6.33 Å². The molecule has 0 bridgehead atoms. The number of nitrogens with zero attached hydrogens (tertiary/aromatic N) is 6. The first-order valence-electron chi connectivity index (χ1n) is 7.33. The average molecular weight is 319 g/mol. The Morgan fingerprint density at radius 1 is 1.32 bits per heavy atom. The van der Waals surface area contributed by atoms with Crippen LogP contribution in [0, 0.1) is 0 Å². The monoisotopic (exact) mass is 319 g/mol. The van der Waals surface area contributed by atoms with Crippen molar-refractivity contribution < 1.29 is 0 Å². The van der Waals surface area contributed by atoms with Crippen LogP contribution in [0.3, 0.4) is 0 Å². The summed E-state index contributed by atoms with van der Waals surface area (Å²) in [5, 5.41) is 16.8. The lowest BCUT2D eigenvalue weighted by atomic mass is 9.93. The molecule has 0 aliphatic carbocycles. The number of imidazole rings is 1. The van der Waals surface area contributed by atoms with Crippen LogP contribution in [0.1, 0.15) is 52.2 Å². The maximum Gasteiger partial charge on any atom is 0.214 e. The van der Waals surface area contributed by atoms with E-state index in [9.17, 15) is 0 Å². The molecule has 22 heavy (non-hydrogen) atoms. The van der Waals surface area contributed by atoms with E-state index < -0.39 is 0 Å². The summed E-state index contributed by atoms with van der Waals surface area (Å²) in [6.45, 7) is 11.3. The Morgan fingerprint density at radius 3 is 2.73 bits per heavy atom. The Bertz CT molecular complexity index is 743. The quantitative estimate of drug-likeness (QED) is 0.800. The maximum absolute atomic E-state index is 4.64. The fourth-order valence-electron chi connectivity index (χ4n) is 2.11. The second kappa shape index (κ2) is 5.35. The zero-order valence-corrected chi connectivity index (χ0v) is 14.3.